The molecule has 1 unspecified atom stereocenters. The SMILES string of the molecule is CC(NC1NC(=O)N(C(C)C)C(=O)N1)C1CCC(F)(F)CC1. The molecule has 0 radical (unpaired) electrons. The fourth-order valence-electron chi connectivity index (χ4n) is 3.03. The molecule has 4 amide bonds. The van der Waals surface area contributed by atoms with Crippen LogP contribution in [-0.2, 0) is 0 Å². The standard InChI is InChI=1S/C14H24F2N4O2/c1-8(2)20-12(21)18-11(19-13(20)22)17-9(3)10-4-6-14(15,16)7-5-10/h8-11,17H,4-7H2,1-3H3,(H,18,21)(H,19,22). The van der Waals surface area contributed by atoms with E-state index in [1.165, 1.54) is 0 Å². The number of nitrogens with zero attached hydrogens (tertiary/aromatic N) is 1. The summed E-state index contributed by atoms with van der Waals surface area (Å²) < 4.78 is 26.4. The highest BCUT2D eigenvalue weighted by atomic mass is 19.3. The van der Waals surface area contributed by atoms with Gasteiger partial charge in [-0.25, -0.2) is 23.3 Å². The van der Waals surface area contributed by atoms with Gasteiger partial charge in [-0.1, -0.05) is 0 Å². The molecule has 1 saturated carbocycles. The van der Waals surface area contributed by atoms with E-state index in [-0.39, 0.29) is 30.8 Å². The highest BCUT2D eigenvalue weighted by Crippen LogP contribution is 2.37. The smallest absolute Gasteiger partial charge is 0.305 e. The van der Waals surface area contributed by atoms with Crippen LogP contribution in [0.5, 0.6) is 0 Å². The Morgan fingerprint density at radius 3 is 2.09 bits per heavy atom. The lowest BCUT2D eigenvalue weighted by molar-refractivity contribution is -0.0494. The predicted octanol–water partition coefficient (Wildman–Crippen LogP) is 2.22. The summed E-state index contributed by atoms with van der Waals surface area (Å²) in [6.07, 6.45) is -0.00284. The number of alkyl halides is 2. The van der Waals surface area contributed by atoms with Crippen LogP contribution in [0, 0.1) is 5.92 Å². The Labute approximate surface area is 129 Å². The average Bonchev–Trinajstić information content (AvgIpc) is 2.36. The molecule has 0 aromatic rings. The number of rotatable bonds is 4. The molecule has 0 spiro atoms. The molecule has 2 fully saturated rings. The number of carbonyl (C=O) groups is 2. The van der Waals surface area contributed by atoms with E-state index < -0.39 is 24.3 Å². The molecular formula is C14H24F2N4O2. The Morgan fingerprint density at radius 1 is 1.14 bits per heavy atom. The fourth-order valence-corrected chi connectivity index (χ4v) is 3.03. The molecule has 2 aliphatic rings. The second-order valence-corrected chi connectivity index (χ2v) is 6.44. The van der Waals surface area contributed by atoms with Crippen molar-refractivity contribution in [2.24, 2.45) is 5.92 Å². The van der Waals surface area contributed by atoms with E-state index in [4.69, 9.17) is 0 Å². The number of halogens is 2. The maximum Gasteiger partial charge on any atom is 0.328 e. The van der Waals surface area contributed by atoms with Gasteiger partial charge < -0.3 is 10.6 Å². The van der Waals surface area contributed by atoms with Gasteiger partial charge in [-0.2, -0.15) is 0 Å². The number of hydrogen-bond acceptors (Lipinski definition) is 3. The van der Waals surface area contributed by atoms with Crippen molar-refractivity contribution >= 4 is 12.1 Å². The third kappa shape index (κ3) is 3.85. The summed E-state index contributed by atoms with van der Waals surface area (Å²) in [4.78, 5) is 24.9. The van der Waals surface area contributed by atoms with E-state index in [0.29, 0.717) is 12.8 Å². The molecule has 22 heavy (non-hydrogen) atoms. The minimum atomic E-state index is -2.55. The molecule has 1 atom stereocenters. The first kappa shape index (κ1) is 16.9. The number of carbonyl (C=O) groups excluding carboxylic acids is 2. The first-order chi connectivity index (χ1) is 10.2. The predicted molar refractivity (Wildman–Crippen MR) is 77.3 cm³/mol. The summed E-state index contributed by atoms with van der Waals surface area (Å²) in [7, 11) is 0. The van der Waals surface area contributed by atoms with Crippen LogP contribution in [-0.4, -0.2) is 41.3 Å². The van der Waals surface area contributed by atoms with Crippen LogP contribution in [0.15, 0.2) is 0 Å². The zero-order valence-electron chi connectivity index (χ0n) is 13.2. The monoisotopic (exact) mass is 318 g/mol. The van der Waals surface area contributed by atoms with Crippen molar-refractivity contribution in [3.8, 4) is 0 Å². The van der Waals surface area contributed by atoms with Crippen molar-refractivity contribution in [3.05, 3.63) is 0 Å². The van der Waals surface area contributed by atoms with Crippen LogP contribution in [0.1, 0.15) is 46.5 Å². The summed E-state index contributed by atoms with van der Waals surface area (Å²) in [5.74, 6) is -2.45. The number of hydrogen-bond donors (Lipinski definition) is 3. The van der Waals surface area contributed by atoms with Crippen molar-refractivity contribution in [1.82, 2.24) is 20.9 Å². The topological polar surface area (TPSA) is 73.5 Å². The Bertz CT molecular complexity index is 417. The van der Waals surface area contributed by atoms with Crippen LogP contribution < -0.4 is 16.0 Å². The lowest BCUT2D eigenvalue weighted by Crippen LogP contribution is -2.70. The Balaban J connectivity index is 1.87. The molecule has 0 aromatic carbocycles. The van der Waals surface area contributed by atoms with Gasteiger partial charge in [-0.15, -0.1) is 0 Å². The molecule has 3 N–H and O–H groups in total. The third-order valence-electron chi connectivity index (χ3n) is 4.39. The van der Waals surface area contributed by atoms with Gasteiger partial charge in [0.1, 0.15) is 0 Å². The van der Waals surface area contributed by atoms with Gasteiger partial charge in [0.2, 0.25) is 5.92 Å². The fraction of sp³-hybridized carbons (Fsp3) is 0.857. The van der Waals surface area contributed by atoms with Gasteiger partial charge in [0, 0.05) is 24.9 Å². The molecular weight excluding hydrogens is 294 g/mol. The maximum atomic E-state index is 13.2. The third-order valence-corrected chi connectivity index (χ3v) is 4.39. The second-order valence-electron chi connectivity index (χ2n) is 6.44. The summed E-state index contributed by atoms with van der Waals surface area (Å²) >= 11 is 0. The zero-order valence-corrected chi connectivity index (χ0v) is 13.2. The normalized spacial score (nSPS) is 25.1. The van der Waals surface area contributed by atoms with Crippen LogP contribution in [0.25, 0.3) is 0 Å². The van der Waals surface area contributed by atoms with Crippen molar-refractivity contribution in [2.45, 2.75) is 70.8 Å². The maximum absolute atomic E-state index is 13.2. The molecule has 2 rings (SSSR count). The van der Waals surface area contributed by atoms with Crippen LogP contribution in [0.4, 0.5) is 18.4 Å². The minimum absolute atomic E-state index is 0.0766. The van der Waals surface area contributed by atoms with E-state index in [0.717, 1.165) is 4.90 Å². The Morgan fingerprint density at radius 2 is 1.64 bits per heavy atom. The van der Waals surface area contributed by atoms with E-state index in [2.05, 4.69) is 16.0 Å². The van der Waals surface area contributed by atoms with E-state index in [9.17, 15) is 18.4 Å². The number of imide groups is 1. The Hall–Kier alpha value is -1.44. The summed E-state index contributed by atoms with van der Waals surface area (Å²) in [5, 5.41) is 8.42. The quantitative estimate of drug-likeness (QED) is 0.744. The molecule has 8 heteroatoms. The Kier molecular flexibility index (Phi) is 4.89. The first-order valence-corrected chi connectivity index (χ1v) is 7.74. The second kappa shape index (κ2) is 6.36. The highest BCUT2D eigenvalue weighted by molar-refractivity contribution is 5.96. The summed E-state index contributed by atoms with van der Waals surface area (Å²) in [6.45, 7) is 5.39. The first-order valence-electron chi connectivity index (χ1n) is 7.74. The number of amides is 4. The molecule has 1 aliphatic heterocycles. The lowest BCUT2D eigenvalue weighted by Gasteiger charge is -2.38. The molecule has 1 aliphatic carbocycles. The van der Waals surface area contributed by atoms with Crippen LogP contribution >= 0.6 is 0 Å². The average molecular weight is 318 g/mol. The van der Waals surface area contributed by atoms with Crippen LogP contribution in [0.3, 0.4) is 0 Å². The zero-order chi connectivity index (χ0) is 16.5. The van der Waals surface area contributed by atoms with Gasteiger partial charge in [-0.05, 0) is 39.5 Å². The van der Waals surface area contributed by atoms with Crippen molar-refractivity contribution in [1.29, 1.82) is 0 Å². The molecule has 0 aromatic heterocycles. The number of nitrogens with one attached hydrogen (secondary N) is 3. The van der Waals surface area contributed by atoms with Crippen molar-refractivity contribution in [3.63, 3.8) is 0 Å². The van der Waals surface area contributed by atoms with Gasteiger partial charge in [0.05, 0.1) is 0 Å². The lowest BCUT2D eigenvalue weighted by atomic mass is 9.82. The summed E-state index contributed by atoms with van der Waals surface area (Å²) in [6, 6.07) is -1.23. The minimum Gasteiger partial charge on any atom is -0.305 e. The largest absolute Gasteiger partial charge is 0.328 e. The molecule has 126 valence electrons. The van der Waals surface area contributed by atoms with Gasteiger partial charge in [0.25, 0.3) is 0 Å². The summed E-state index contributed by atoms with van der Waals surface area (Å²) in [5.41, 5.74) is 0. The molecule has 0 bridgehead atoms. The van der Waals surface area contributed by atoms with E-state index >= 15 is 0 Å². The van der Waals surface area contributed by atoms with E-state index in [1.54, 1.807) is 13.8 Å². The van der Waals surface area contributed by atoms with Crippen molar-refractivity contribution < 1.29 is 18.4 Å². The van der Waals surface area contributed by atoms with Gasteiger partial charge >= 0.3 is 12.1 Å². The highest BCUT2D eigenvalue weighted by Gasteiger charge is 2.38. The van der Waals surface area contributed by atoms with Crippen LogP contribution in [0.2, 0.25) is 0 Å². The molecule has 1 saturated heterocycles. The molecule has 6 nitrogen and oxygen atoms in total. The number of urea groups is 2. The molecule has 1 heterocycles. The van der Waals surface area contributed by atoms with Crippen molar-refractivity contribution in [2.75, 3.05) is 0 Å². The van der Waals surface area contributed by atoms with Gasteiger partial charge in [-0.3, -0.25) is 5.32 Å². The van der Waals surface area contributed by atoms with Gasteiger partial charge in [0.15, 0.2) is 6.29 Å². The van der Waals surface area contributed by atoms with E-state index in [1.807, 2.05) is 6.92 Å².